The first-order valence-corrected chi connectivity index (χ1v) is 5.99. The molecule has 0 saturated heterocycles. The van der Waals surface area contributed by atoms with Gasteiger partial charge in [0.2, 0.25) is 0 Å². The molecule has 0 saturated carbocycles. The largest absolute Gasteiger partial charge is 0.327 e. The van der Waals surface area contributed by atoms with Crippen molar-refractivity contribution < 1.29 is 4.79 Å². The summed E-state index contributed by atoms with van der Waals surface area (Å²) in [7, 11) is 0. The second-order valence-corrected chi connectivity index (χ2v) is 4.67. The minimum absolute atomic E-state index is 0.0569. The van der Waals surface area contributed by atoms with Crippen LogP contribution < -0.4 is 5.73 Å². The van der Waals surface area contributed by atoms with Gasteiger partial charge in [-0.2, -0.15) is 0 Å². The molecule has 0 amide bonds. The van der Waals surface area contributed by atoms with Gasteiger partial charge in [0.05, 0.1) is 0 Å². The van der Waals surface area contributed by atoms with E-state index in [0.29, 0.717) is 22.9 Å². The molecule has 0 aliphatic carbocycles. The minimum Gasteiger partial charge on any atom is -0.327 e. The van der Waals surface area contributed by atoms with Gasteiger partial charge in [0.15, 0.2) is 0 Å². The van der Waals surface area contributed by atoms with Crippen LogP contribution in [0.25, 0.3) is 0 Å². The zero-order chi connectivity index (χ0) is 12.1. The standard InChI is InChI=1S/C12H15Cl2NO/c1-2-10(15)7-11(16)5-8-3-4-9(13)6-12(8)14/h3-4,6,10H,2,5,7,15H2,1H3. The van der Waals surface area contributed by atoms with E-state index in [1.165, 1.54) is 0 Å². The second-order valence-electron chi connectivity index (χ2n) is 3.82. The zero-order valence-electron chi connectivity index (χ0n) is 9.17. The van der Waals surface area contributed by atoms with Crippen molar-refractivity contribution in [1.82, 2.24) is 0 Å². The lowest BCUT2D eigenvalue weighted by Crippen LogP contribution is -2.23. The third kappa shape index (κ3) is 4.12. The molecule has 0 spiro atoms. The number of benzene rings is 1. The van der Waals surface area contributed by atoms with E-state index in [9.17, 15) is 4.79 Å². The summed E-state index contributed by atoms with van der Waals surface area (Å²) >= 11 is 11.7. The van der Waals surface area contributed by atoms with Gasteiger partial charge in [0.25, 0.3) is 0 Å². The smallest absolute Gasteiger partial charge is 0.138 e. The summed E-state index contributed by atoms with van der Waals surface area (Å²) in [6, 6.07) is 5.10. The molecule has 16 heavy (non-hydrogen) atoms. The van der Waals surface area contributed by atoms with Gasteiger partial charge in [-0.25, -0.2) is 0 Å². The van der Waals surface area contributed by atoms with Crippen molar-refractivity contribution in [3.05, 3.63) is 33.8 Å². The van der Waals surface area contributed by atoms with Crippen molar-refractivity contribution in [2.75, 3.05) is 0 Å². The average Bonchev–Trinajstić information content (AvgIpc) is 2.22. The normalized spacial score (nSPS) is 12.5. The summed E-state index contributed by atoms with van der Waals surface area (Å²) in [5.41, 5.74) is 6.52. The van der Waals surface area contributed by atoms with Gasteiger partial charge in [0.1, 0.15) is 5.78 Å². The zero-order valence-corrected chi connectivity index (χ0v) is 10.7. The molecule has 1 aromatic rings. The molecule has 1 rings (SSSR count). The fourth-order valence-corrected chi connectivity index (χ4v) is 1.86. The van der Waals surface area contributed by atoms with Crippen LogP contribution in [0.4, 0.5) is 0 Å². The molecule has 1 aromatic carbocycles. The number of hydrogen-bond acceptors (Lipinski definition) is 2. The van der Waals surface area contributed by atoms with Gasteiger partial charge in [0, 0.05) is 28.9 Å². The van der Waals surface area contributed by atoms with E-state index in [4.69, 9.17) is 28.9 Å². The number of carbonyl (C=O) groups excluding carboxylic acids is 1. The monoisotopic (exact) mass is 259 g/mol. The van der Waals surface area contributed by atoms with E-state index in [2.05, 4.69) is 0 Å². The maximum atomic E-state index is 11.6. The van der Waals surface area contributed by atoms with Crippen molar-refractivity contribution >= 4 is 29.0 Å². The third-order valence-electron chi connectivity index (χ3n) is 2.42. The molecule has 0 fully saturated rings. The number of carbonyl (C=O) groups is 1. The van der Waals surface area contributed by atoms with Crippen LogP contribution in [0.5, 0.6) is 0 Å². The Morgan fingerprint density at radius 3 is 2.69 bits per heavy atom. The number of ketones is 1. The van der Waals surface area contributed by atoms with Crippen LogP contribution in [0.1, 0.15) is 25.3 Å². The topological polar surface area (TPSA) is 43.1 Å². The molecule has 0 aliphatic rings. The van der Waals surface area contributed by atoms with Gasteiger partial charge in [-0.05, 0) is 24.1 Å². The number of halogens is 2. The van der Waals surface area contributed by atoms with Crippen molar-refractivity contribution in [1.29, 1.82) is 0 Å². The Bertz CT molecular complexity index is 379. The average molecular weight is 260 g/mol. The quantitative estimate of drug-likeness (QED) is 0.883. The Morgan fingerprint density at radius 1 is 1.44 bits per heavy atom. The van der Waals surface area contributed by atoms with Gasteiger partial charge in [-0.3, -0.25) is 4.79 Å². The first kappa shape index (κ1) is 13.5. The van der Waals surface area contributed by atoms with Crippen LogP contribution in [-0.4, -0.2) is 11.8 Å². The van der Waals surface area contributed by atoms with Crippen LogP contribution in [-0.2, 0) is 11.2 Å². The molecule has 2 N–H and O–H groups in total. The molecule has 1 unspecified atom stereocenters. The molecule has 0 radical (unpaired) electrons. The van der Waals surface area contributed by atoms with Gasteiger partial charge < -0.3 is 5.73 Å². The fourth-order valence-electron chi connectivity index (χ4n) is 1.39. The highest BCUT2D eigenvalue weighted by Crippen LogP contribution is 2.21. The van der Waals surface area contributed by atoms with Crippen LogP contribution in [0.15, 0.2) is 18.2 Å². The van der Waals surface area contributed by atoms with Gasteiger partial charge >= 0.3 is 0 Å². The Labute approximate surface area is 106 Å². The molecule has 4 heteroatoms. The van der Waals surface area contributed by atoms with Crippen LogP contribution in [0.2, 0.25) is 10.0 Å². The highest BCUT2D eigenvalue weighted by atomic mass is 35.5. The third-order valence-corrected chi connectivity index (χ3v) is 3.00. The molecular weight excluding hydrogens is 245 g/mol. The lowest BCUT2D eigenvalue weighted by atomic mass is 10.0. The van der Waals surface area contributed by atoms with Gasteiger partial charge in [-0.1, -0.05) is 36.2 Å². The highest BCUT2D eigenvalue weighted by Gasteiger charge is 2.10. The number of hydrogen-bond donors (Lipinski definition) is 1. The van der Waals surface area contributed by atoms with Crippen LogP contribution in [0, 0.1) is 0 Å². The molecule has 1 atom stereocenters. The summed E-state index contributed by atoms with van der Waals surface area (Å²) < 4.78 is 0. The molecule has 0 aliphatic heterocycles. The summed E-state index contributed by atoms with van der Waals surface area (Å²) in [6.45, 7) is 1.97. The van der Waals surface area contributed by atoms with Crippen molar-refractivity contribution in [3.8, 4) is 0 Å². The van der Waals surface area contributed by atoms with E-state index in [-0.39, 0.29) is 11.8 Å². The van der Waals surface area contributed by atoms with Gasteiger partial charge in [-0.15, -0.1) is 0 Å². The second kappa shape index (κ2) is 6.24. The Hall–Kier alpha value is -0.570. The Balaban J connectivity index is 2.63. The number of Topliss-reactive ketones (excluding diaryl/α,β-unsaturated/α-hetero) is 1. The highest BCUT2D eigenvalue weighted by molar-refractivity contribution is 6.35. The van der Waals surface area contributed by atoms with Crippen molar-refractivity contribution in [2.45, 2.75) is 32.2 Å². The first-order valence-electron chi connectivity index (χ1n) is 5.24. The first-order chi connectivity index (χ1) is 7.52. The predicted molar refractivity (Wildman–Crippen MR) is 68.1 cm³/mol. The maximum absolute atomic E-state index is 11.6. The summed E-state index contributed by atoms with van der Waals surface area (Å²) in [5.74, 6) is 0.110. The van der Waals surface area contributed by atoms with Crippen molar-refractivity contribution in [2.24, 2.45) is 5.73 Å². The molecular formula is C12H15Cl2NO. The lowest BCUT2D eigenvalue weighted by Gasteiger charge is -2.08. The summed E-state index contributed by atoms with van der Waals surface area (Å²) in [6.07, 6.45) is 1.53. The molecule has 0 aromatic heterocycles. The summed E-state index contributed by atoms with van der Waals surface area (Å²) in [5, 5.41) is 1.11. The van der Waals surface area contributed by atoms with Crippen molar-refractivity contribution in [3.63, 3.8) is 0 Å². The van der Waals surface area contributed by atoms with E-state index < -0.39 is 0 Å². The fraction of sp³-hybridized carbons (Fsp3) is 0.417. The number of rotatable bonds is 5. The molecule has 2 nitrogen and oxygen atoms in total. The Morgan fingerprint density at radius 2 is 2.12 bits per heavy atom. The Kier molecular flexibility index (Phi) is 5.26. The maximum Gasteiger partial charge on any atom is 0.138 e. The van der Waals surface area contributed by atoms with Crippen LogP contribution in [0.3, 0.4) is 0 Å². The molecule has 88 valence electrons. The molecule has 0 bridgehead atoms. The predicted octanol–water partition coefficient (Wildman–Crippen LogP) is 3.23. The van der Waals surface area contributed by atoms with E-state index in [0.717, 1.165) is 12.0 Å². The number of nitrogens with two attached hydrogens (primary N) is 1. The van der Waals surface area contributed by atoms with E-state index in [1.54, 1.807) is 18.2 Å². The lowest BCUT2D eigenvalue weighted by molar-refractivity contribution is -0.118. The summed E-state index contributed by atoms with van der Waals surface area (Å²) in [4.78, 5) is 11.6. The SMILES string of the molecule is CCC(N)CC(=O)Cc1ccc(Cl)cc1Cl. The molecule has 0 heterocycles. The van der Waals surface area contributed by atoms with E-state index in [1.807, 2.05) is 6.92 Å². The van der Waals surface area contributed by atoms with E-state index >= 15 is 0 Å². The van der Waals surface area contributed by atoms with Crippen LogP contribution >= 0.6 is 23.2 Å². The minimum atomic E-state index is -0.0569.